The molecule has 0 saturated heterocycles. The van der Waals surface area contributed by atoms with E-state index in [9.17, 15) is 9.90 Å². The molecule has 128 valence electrons. The van der Waals surface area contributed by atoms with Crippen molar-refractivity contribution in [2.45, 2.75) is 25.9 Å². The lowest BCUT2D eigenvalue weighted by Crippen LogP contribution is -2.17. The summed E-state index contributed by atoms with van der Waals surface area (Å²) in [5.74, 6) is 0.314. The number of carbonyl (C=O) groups excluding carboxylic acids is 1. The quantitative estimate of drug-likeness (QED) is 0.627. The lowest BCUT2D eigenvalue weighted by Gasteiger charge is -2.23. The molecule has 0 aliphatic rings. The molecule has 0 spiro atoms. The third-order valence-corrected chi connectivity index (χ3v) is 3.95. The van der Waals surface area contributed by atoms with Crippen molar-refractivity contribution in [2.24, 2.45) is 0 Å². The molecular formula is C20H25NO3. The molecular weight excluding hydrogens is 302 g/mol. The van der Waals surface area contributed by atoms with Gasteiger partial charge in [-0.3, -0.25) is 4.79 Å². The molecule has 2 rings (SSSR count). The average molecular weight is 327 g/mol. The molecule has 0 heterocycles. The number of aliphatic hydroxyl groups excluding tert-OH is 1. The van der Waals surface area contributed by atoms with Gasteiger partial charge in [-0.05, 0) is 50.3 Å². The third kappa shape index (κ3) is 4.91. The highest BCUT2D eigenvalue weighted by Gasteiger charge is 2.20. The molecule has 1 atom stereocenters. The summed E-state index contributed by atoms with van der Waals surface area (Å²) in [5, 5.41) is 9.49. The van der Waals surface area contributed by atoms with Gasteiger partial charge < -0.3 is 14.7 Å². The molecule has 4 nitrogen and oxygen atoms in total. The van der Waals surface area contributed by atoms with Gasteiger partial charge in [0.15, 0.2) is 0 Å². The zero-order valence-electron chi connectivity index (χ0n) is 14.5. The fraction of sp³-hybridized carbons (Fsp3) is 0.350. The van der Waals surface area contributed by atoms with Gasteiger partial charge in [-0.1, -0.05) is 36.4 Å². The first-order chi connectivity index (χ1) is 11.5. The summed E-state index contributed by atoms with van der Waals surface area (Å²) in [7, 11) is 4.08. The Labute approximate surface area is 143 Å². The van der Waals surface area contributed by atoms with Crippen molar-refractivity contribution in [2.75, 3.05) is 20.6 Å². The largest absolute Gasteiger partial charge is 0.426 e. The monoisotopic (exact) mass is 327 g/mol. The Balaban J connectivity index is 2.48. The van der Waals surface area contributed by atoms with Crippen molar-refractivity contribution in [3.8, 4) is 5.75 Å². The first-order valence-electron chi connectivity index (χ1n) is 8.13. The van der Waals surface area contributed by atoms with Gasteiger partial charge in [0.1, 0.15) is 5.75 Å². The van der Waals surface area contributed by atoms with E-state index >= 15 is 0 Å². The van der Waals surface area contributed by atoms with Crippen molar-refractivity contribution >= 4 is 5.97 Å². The first kappa shape index (κ1) is 18.2. The second-order valence-electron chi connectivity index (χ2n) is 6.18. The molecule has 4 heteroatoms. The Morgan fingerprint density at radius 3 is 2.46 bits per heavy atom. The summed E-state index contributed by atoms with van der Waals surface area (Å²) >= 11 is 0. The van der Waals surface area contributed by atoms with Crippen molar-refractivity contribution in [1.29, 1.82) is 0 Å². The molecule has 0 aliphatic carbocycles. The van der Waals surface area contributed by atoms with Gasteiger partial charge in [0, 0.05) is 18.4 Å². The Kier molecular flexibility index (Phi) is 6.53. The van der Waals surface area contributed by atoms with E-state index in [1.807, 2.05) is 38.4 Å². The highest BCUT2D eigenvalue weighted by Crippen LogP contribution is 2.35. The van der Waals surface area contributed by atoms with E-state index in [1.165, 1.54) is 12.5 Å². The first-order valence-corrected chi connectivity index (χ1v) is 8.13. The van der Waals surface area contributed by atoms with Gasteiger partial charge >= 0.3 is 5.97 Å². The average Bonchev–Trinajstić information content (AvgIpc) is 2.56. The standard InChI is InChI=1S/C20H25NO3/c1-15(23)24-20-10-9-16(14-22)13-19(20)18(11-12-21(2)3)17-7-5-4-6-8-17/h4-10,13,18,22H,11-12,14H2,1-3H3. The third-order valence-electron chi connectivity index (χ3n) is 3.95. The zero-order chi connectivity index (χ0) is 17.5. The summed E-state index contributed by atoms with van der Waals surface area (Å²) in [4.78, 5) is 13.6. The van der Waals surface area contributed by atoms with Gasteiger partial charge in [0.25, 0.3) is 0 Å². The van der Waals surface area contributed by atoms with Crippen molar-refractivity contribution in [3.05, 3.63) is 65.2 Å². The number of ether oxygens (including phenoxy) is 1. The molecule has 0 saturated carbocycles. The molecule has 1 N–H and O–H groups in total. The molecule has 0 aromatic heterocycles. The maximum absolute atomic E-state index is 11.5. The van der Waals surface area contributed by atoms with Crippen LogP contribution in [0.15, 0.2) is 48.5 Å². The highest BCUT2D eigenvalue weighted by atomic mass is 16.5. The molecule has 0 bridgehead atoms. The maximum atomic E-state index is 11.5. The van der Waals surface area contributed by atoms with E-state index in [2.05, 4.69) is 17.0 Å². The fourth-order valence-electron chi connectivity index (χ4n) is 2.79. The Morgan fingerprint density at radius 2 is 1.88 bits per heavy atom. The smallest absolute Gasteiger partial charge is 0.308 e. The predicted octanol–water partition coefficient (Wildman–Crippen LogP) is 3.19. The normalized spacial score (nSPS) is 12.2. The SMILES string of the molecule is CC(=O)Oc1ccc(CO)cc1C(CCN(C)C)c1ccccc1. The van der Waals surface area contributed by atoms with E-state index in [1.54, 1.807) is 12.1 Å². The highest BCUT2D eigenvalue weighted by molar-refractivity contribution is 5.70. The molecule has 2 aromatic carbocycles. The molecule has 0 fully saturated rings. The van der Waals surface area contributed by atoms with Gasteiger partial charge in [0.05, 0.1) is 6.61 Å². The second-order valence-corrected chi connectivity index (χ2v) is 6.18. The number of hydrogen-bond donors (Lipinski definition) is 1. The van der Waals surface area contributed by atoms with E-state index in [0.717, 1.165) is 24.1 Å². The van der Waals surface area contributed by atoms with Crippen LogP contribution in [0.25, 0.3) is 0 Å². The van der Waals surface area contributed by atoms with Crippen LogP contribution in [-0.2, 0) is 11.4 Å². The summed E-state index contributed by atoms with van der Waals surface area (Å²) in [6.45, 7) is 2.27. The van der Waals surface area contributed by atoms with Crippen LogP contribution < -0.4 is 4.74 Å². The van der Waals surface area contributed by atoms with Gasteiger partial charge in [-0.2, -0.15) is 0 Å². The number of nitrogens with zero attached hydrogens (tertiary/aromatic N) is 1. The van der Waals surface area contributed by atoms with Crippen LogP contribution in [0.4, 0.5) is 0 Å². The van der Waals surface area contributed by atoms with Crippen LogP contribution in [0.1, 0.15) is 36.0 Å². The number of carbonyl (C=O) groups is 1. The number of benzene rings is 2. The number of aliphatic hydroxyl groups is 1. The molecule has 1 unspecified atom stereocenters. The molecule has 0 amide bonds. The van der Waals surface area contributed by atoms with Crippen LogP contribution in [0.3, 0.4) is 0 Å². The second kappa shape index (κ2) is 8.62. The summed E-state index contributed by atoms with van der Waals surface area (Å²) < 4.78 is 5.42. The van der Waals surface area contributed by atoms with Gasteiger partial charge in [0.2, 0.25) is 0 Å². The molecule has 2 aromatic rings. The molecule has 24 heavy (non-hydrogen) atoms. The van der Waals surface area contributed by atoms with Crippen LogP contribution in [0.2, 0.25) is 0 Å². The Bertz CT molecular complexity index is 668. The van der Waals surface area contributed by atoms with E-state index in [0.29, 0.717) is 5.75 Å². The Hall–Kier alpha value is -2.17. The van der Waals surface area contributed by atoms with Crippen LogP contribution >= 0.6 is 0 Å². The summed E-state index contributed by atoms with van der Waals surface area (Å²) in [6.07, 6.45) is 0.889. The van der Waals surface area contributed by atoms with E-state index < -0.39 is 0 Å². The predicted molar refractivity (Wildman–Crippen MR) is 95.1 cm³/mol. The minimum atomic E-state index is -0.340. The van der Waals surface area contributed by atoms with Crippen LogP contribution in [0, 0.1) is 0 Å². The maximum Gasteiger partial charge on any atom is 0.308 e. The number of hydrogen-bond acceptors (Lipinski definition) is 4. The summed E-state index contributed by atoms with van der Waals surface area (Å²) in [6, 6.07) is 15.7. The van der Waals surface area contributed by atoms with Crippen LogP contribution in [-0.4, -0.2) is 36.6 Å². The lowest BCUT2D eigenvalue weighted by atomic mass is 9.87. The molecule has 0 radical (unpaired) electrons. The van der Waals surface area contributed by atoms with Crippen LogP contribution in [0.5, 0.6) is 5.75 Å². The molecule has 0 aliphatic heterocycles. The lowest BCUT2D eigenvalue weighted by molar-refractivity contribution is -0.131. The summed E-state index contributed by atoms with van der Waals surface area (Å²) in [5.41, 5.74) is 2.92. The van der Waals surface area contributed by atoms with Crippen molar-refractivity contribution in [3.63, 3.8) is 0 Å². The minimum absolute atomic E-state index is 0.0391. The van der Waals surface area contributed by atoms with E-state index in [4.69, 9.17) is 4.74 Å². The number of rotatable bonds is 7. The van der Waals surface area contributed by atoms with Crippen molar-refractivity contribution in [1.82, 2.24) is 4.90 Å². The van der Waals surface area contributed by atoms with E-state index in [-0.39, 0.29) is 18.5 Å². The topological polar surface area (TPSA) is 49.8 Å². The van der Waals surface area contributed by atoms with Gasteiger partial charge in [-0.25, -0.2) is 0 Å². The zero-order valence-corrected chi connectivity index (χ0v) is 14.5. The Morgan fingerprint density at radius 1 is 1.17 bits per heavy atom. The fourth-order valence-corrected chi connectivity index (χ4v) is 2.79. The van der Waals surface area contributed by atoms with Crippen molar-refractivity contribution < 1.29 is 14.6 Å². The van der Waals surface area contributed by atoms with Gasteiger partial charge in [-0.15, -0.1) is 0 Å². The number of esters is 1. The minimum Gasteiger partial charge on any atom is -0.426 e.